The van der Waals surface area contributed by atoms with Crippen LogP contribution in [-0.2, 0) is 14.3 Å². The summed E-state index contributed by atoms with van der Waals surface area (Å²) in [7, 11) is 0. The second kappa shape index (κ2) is 14.6. The molecule has 0 spiro atoms. The Morgan fingerprint density at radius 3 is 2.06 bits per heavy atom. The maximum absolute atomic E-state index is 10.5. The third-order valence-corrected chi connectivity index (χ3v) is 4.85. The number of benzene rings is 2. The minimum absolute atomic E-state index is 0. The van der Waals surface area contributed by atoms with Gasteiger partial charge in [0.2, 0.25) is 0 Å². The third-order valence-electron chi connectivity index (χ3n) is 4.85. The molecule has 3 rings (SSSR count). The van der Waals surface area contributed by atoms with Crippen LogP contribution in [0.25, 0.3) is 22.5 Å². The van der Waals surface area contributed by atoms with Crippen molar-refractivity contribution in [1.29, 1.82) is 0 Å². The number of hydrogen-bond donors (Lipinski definition) is 1. The van der Waals surface area contributed by atoms with E-state index in [0.29, 0.717) is 19.8 Å². The van der Waals surface area contributed by atoms with Crippen LogP contribution >= 0.6 is 0 Å². The molecule has 0 bridgehead atoms. The molecule has 0 unspecified atom stereocenters. The SMILES string of the molecule is CC(C)N(CCOCCOCC(=O)O)c1cnc(-c2ccccc2)c(-c2ccccc2)n1.[KH]. The summed E-state index contributed by atoms with van der Waals surface area (Å²) in [6.45, 7) is 5.58. The fraction of sp³-hybridized carbons (Fsp3) is 0.320. The first kappa shape index (κ1) is 27.6. The molecule has 0 amide bonds. The number of hydrogen-bond acceptors (Lipinski definition) is 6. The summed E-state index contributed by atoms with van der Waals surface area (Å²) >= 11 is 0. The van der Waals surface area contributed by atoms with Crippen molar-refractivity contribution in [2.24, 2.45) is 0 Å². The van der Waals surface area contributed by atoms with Crippen molar-refractivity contribution in [3.63, 3.8) is 0 Å². The van der Waals surface area contributed by atoms with E-state index in [-0.39, 0.29) is 70.6 Å². The molecular formula is C25H30KN3O4. The molecule has 0 saturated carbocycles. The van der Waals surface area contributed by atoms with Crippen LogP contribution in [0.5, 0.6) is 0 Å². The van der Waals surface area contributed by atoms with Crippen LogP contribution in [0, 0.1) is 0 Å². The van der Waals surface area contributed by atoms with E-state index in [1.54, 1.807) is 0 Å². The van der Waals surface area contributed by atoms with Crippen molar-refractivity contribution in [3.05, 3.63) is 66.9 Å². The molecule has 7 nitrogen and oxygen atoms in total. The topological polar surface area (TPSA) is 84.8 Å². The van der Waals surface area contributed by atoms with Gasteiger partial charge in [-0.3, -0.25) is 4.98 Å². The van der Waals surface area contributed by atoms with E-state index in [0.717, 1.165) is 28.3 Å². The van der Waals surface area contributed by atoms with E-state index in [1.165, 1.54) is 0 Å². The number of aliphatic carboxylic acids is 1. The van der Waals surface area contributed by atoms with Crippen molar-refractivity contribution in [2.45, 2.75) is 19.9 Å². The summed E-state index contributed by atoms with van der Waals surface area (Å²) in [6.07, 6.45) is 1.81. The molecule has 1 N–H and O–H groups in total. The second-order valence-electron chi connectivity index (χ2n) is 7.50. The quantitative estimate of drug-likeness (QED) is 0.317. The summed E-state index contributed by atoms with van der Waals surface area (Å²) < 4.78 is 10.6. The molecule has 0 aliphatic rings. The summed E-state index contributed by atoms with van der Waals surface area (Å²) in [5, 5.41) is 8.59. The second-order valence-corrected chi connectivity index (χ2v) is 7.50. The Hall–Kier alpha value is -1.65. The monoisotopic (exact) mass is 475 g/mol. The van der Waals surface area contributed by atoms with Crippen molar-refractivity contribution in [3.8, 4) is 22.5 Å². The number of carboxylic acids is 1. The van der Waals surface area contributed by atoms with Gasteiger partial charge in [-0.05, 0) is 13.8 Å². The molecule has 0 atom stereocenters. The fourth-order valence-corrected chi connectivity index (χ4v) is 3.30. The predicted octanol–water partition coefficient (Wildman–Crippen LogP) is 3.49. The average Bonchev–Trinajstić information content (AvgIpc) is 2.81. The first-order valence-corrected chi connectivity index (χ1v) is 10.7. The van der Waals surface area contributed by atoms with Crippen LogP contribution < -0.4 is 4.90 Å². The molecule has 0 saturated heterocycles. The molecule has 33 heavy (non-hydrogen) atoms. The van der Waals surface area contributed by atoms with Crippen LogP contribution in [0.1, 0.15) is 13.8 Å². The molecule has 170 valence electrons. The molecular weight excluding hydrogens is 445 g/mol. The van der Waals surface area contributed by atoms with Gasteiger partial charge in [-0.25, -0.2) is 9.78 Å². The van der Waals surface area contributed by atoms with E-state index < -0.39 is 5.97 Å². The number of anilines is 1. The normalized spacial score (nSPS) is 10.6. The molecule has 3 aromatic rings. The zero-order valence-electron chi connectivity index (χ0n) is 18.5. The molecule has 0 aliphatic carbocycles. The molecule has 0 aliphatic heterocycles. The molecule has 8 heteroatoms. The molecule has 1 aromatic heterocycles. The van der Waals surface area contributed by atoms with E-state index in [2.05, 4.69) is 18.7 Å². The Morgan fingerprint density at radius 1 is 0.909 bits per heavy atom. The standard InChI is InChI=1S/C25H29N3O4.K.H/c1-19(2)28(13-14-31-15-16-32-18-23(29)30)22-17-26-24(20-9-5-3-6-10-20)25(27-22)21-11-7-4-8-12-21;;/h3-12,17,19H,13-16,18H2,1-2H3,(H,29,30);;. The number of aromatic nitrogens is 2. The van der Waals surface area contributed by atoms with Crippen LogP contribution in [0.4, 0.5) is 5.82 Å². The van der Waals surface area contributed by atoms with Crippen LogP contribution in [-0.4, -0.2) is 111 Å². The number of carbonyl (C=O) groups is 1. The van der Waals surface area contributed by atoms with Crippen LogP contribution in [0.2, 0.25) is 0 Å². The Morgan fingerprint density at radius 2 is 1.48 bits per heavy atom. The summed E-state index contributed by atoms with van der Waals surface area (Å²) in [5.74, 6) is -0.202. The van der Waals surface area contributed by atoms with Gasteiger partial charge in [0, 0.05) is 23.7 Å². The zero-order valence-corrected chi connectivity index (χ0v) is 18.5. The van der Waals surface area contributed by atoms with Crippen LogP contribution in [0.15, 0.2) is 66.9 Å². The van der Waals surface area contributed by atoms with Gasteiger partial charge < -0.3 is 19.5 Å². The van der Waals surface area contributed by atoms with E-state index in [4.69, 9.17) is 24.5 Å². The zero-order chi connectivity index (χ0) is 22.8. The minimum atomic E-state index is -0.984. The van der Waals surface area contributed by atoms with Gasteiger partial charge >= 0.3 is 57.4 Å². The average molecular weight is 476 g/mol. The van der Waals surface area contributed by atoms with E-state index in [9.17, 15) is 4.79 Å². The van der Waals surface area contributed by atoms with Crippen molar-refractivity contribution < 1.29 is 19.4 Å². The Kier molecular flexibility index (Phi) is 12.2. The van der Waals surface area contributed by atoms with Gasteiger partial charge in [-0.15, -0.1) is 0 Å². The first-order valence-electron chi connectivity index (χ1n) is 10.7. The van der Waals surface area contributed by atoms with Gasteiger partial charge in [-0.2, -0.15) is 0 Å². The first-order chi connectivity index (χ1) is 15.6. The molecule has 1 heterocycles. The number of nitrogens with zero attached hydrogens (tertiary/aromatic N) is 3. The van der Waals surface area contributed by atoms with Gasteiger partial charge in [-0.1, -0.05) is 60.7 Å². The van der Waals surface area contributed by atoms with Gasteiger partial charge in [0.25, 0.3) is 0 Å². The Labute approximate surface area is 237 Å². The van der Waals surface area contributed by atoms with Crippen LogP contribution in [0.3, 0.4) is 0 Å². The fourth-order valence-electron chi connectivity index (χ4n) is 3.30. The van der Waals surface area contributed by atoms with E-state index in [1.807, 2.05) is 66.9 Å². The van der Waals surface area contributed by atoms with Crippen molar-refractivity contribution >= 4 is 63.2 Å². The van der Waals surface area contributed by atoms with E-state index >= 15 is 0 Å². The number of ether oxygens (including phenoxy) is 2. The maximum atomic E-state index is 10.5. The molecule has 0 radical (unpaired) electrons. The molecule has 0 fully saturated rings. The summed E-state index contributed by atoms with van der Waals surface area (Å²) in [4.78, 5) is 22.4. The number of carboxylic acid groups (broad SMARTS) is 1. The third kappa shape index (κ3) is 8.57. The summed E-state index contributed by atoms with van der Waals surface area (Å²) in [5.41, 5.74) is 3.71. The summed E-state index contributed by atoms with van der Waals surface area (Å²) in [6, 6.07) is 20.3. The van der Waals surface area contributed by atoms with Gasteiger partial charge in [0.1, 0.15) is 12.4 Å². The van der Waals surface area contributed by atoms with Gasteiger partial charge in [0.05, 0.1) is 37.4 Å². The van der Waals surface area contributed by atoms with Crippen molar-refractivity contribution in [1.82, 2.24) is 9.97 Å². The predicted molar refractivity (Wildman–Crippen MR) is 132 cm³/mol. The molecule has 2 aromatic carbocycles. The Balaban J connectivity index is 0.00000385. The Bertz CT molecular complexity index is 987. The number of rotatable bonds is 12. The van der Waals surface area contributed by atoms with Gasteiger partial charge in [0.15, 0.2) is 0 Å². The van der Waals surface area contributed by atoms with Crippen molar-refractivity contribution in [2.75, 3.05) is 37.9 Å².